The van der Waals surface area contributed by atoms with Crippen molar-refractivity contribution >= 4 is 29.1 Å². The number of anilines is 2. The molecule has 2 N–H and O–H groups in total. The molecule has 0 aliphatic heterocycles. The maximum atomic E-state index is 13.0. The summed E-state index contributed by atoms with van der Waals surface area (Å²) in [5.74, 6) is 1.43. The molecule has 35 heavy (non-hydrogen) atoms. The first-order valence-electron chi connectivity index (χ1n) is 11.2. The van der Waals surface area contributed by atoms with Crippen LogP contribution in [0.5, 0.6) is 11.6 Å². The number of aryl methyl sites for hydroxylation is 1. The van der Waals surface area contributed by atoms with E-state index < -0.39 is 0 Å². The fourth-order valence-corrected chi connectivity index (χ4v) is 3.61. The predicted molar refractivity (Wildman–Crippen MR) is 140 cm³/mol. The van der Waals surface area contributed by atoms with E-state index in [9.17, 15) is 4.79 Å². The van der Waals surface area contributed by atoms with Crippen molar-refractivity contribution in [1.29, 1.82) is 0 Å². The van der Waals surface area contributed by atoms with Gasteiger partial charge in [0.1, 0.15) is 5.75 Å². The number of hydrogen-bond donors (Lipinski definition) is 2. The van der Waals surface area contributed by atoms with Crippen molar-refractivity contribution in [3.63, 3.8) is 0 Å². The molecule has 0 radical (unpaired) electrons. The molecule has 2 heterocycles. The minimum atomic E-state index is -0.227. The molecule has 7 nitrogen and oxygen atoms in total. The number of ether oxygens (including phenoxy) is 1. The number of aromatic nitrogens is 3. The lowest BCUT2D eigenvalue weighted by molar-refractivity contribution is 0.102. The minimum absolute atomic E-state index is 0.227. The lowest BCUT2D eigenvalue weighted by Gasteiger charge is -2.14. The van der Waals surface area contributed by atoms with Crippen molar-refractivity contribution in [2.45, 2.75) is 26.7 Å². The Labute approximate surface area is 209 Å². The second-order valence-corrected chi connectivity index (χ2v) is 8.77. The first-order valence-corrected chi connectivity index (χ1v) is 11.6. The number of pyridine rings is 1. The van der Waals surface area contributed by atoms with Crippen molar-refractivity contribution in [3.05, 3.63) is 88.7 Å². The monoisotopic (exact) mass is 487 g/mol. The van der Waals surface area contributed by atoms with Crippen molar-refractivity contribution in [2.75, 3.05) is 17.7 Å². The summed E-state index contributed by atoms with van der Waals surface area (Å²) in [6.45, 7) is 6.14. The molecule has 178 valence electrons. The first-order chi connectivity index (χ1) is 16.8. The Morgan fingerprint density at radius 2 is 1.89 bits per heavy atom. The fourth-order valence-electron chi connectivity index (χ4n) is 3.45. The summed E-state index contributed by atoms with van der Waals surface area (Å²) >= 11 is 6.22. The number of hydrogen-bond acceptors (Lipinski definition) is 6. The molecule has 0 atom stereocenters. The van der Waals surface area contributed by atoms with E-state index in [0.29, 0.717) is 45.3 Å². The molecule has 0 saturated carbocycles. The average Bonchev–Trinajstić information content (AvgIpc) is 2.86. The zero-order chi connectivity index (χ0) is 24.9. The van der Waals surface area contributed by atoms with E-state index in [0.717, 1.165) is 16.8 Å². The third kappa shape index (κ3) is 5.75. The summed E-state index contributed by atoms with van der Waals surface area (Å²) < 4.78 is 6.18. The van der Waals surface area contributed by atoms with Gasteiger partial charge in [0.05, 0.1) is 16.3 Å². The molecule has 2 aromatic carbocycles. The highest BCUT2D eigenvalue weighted by Gasteiger charge is 2.16. The van der Waals surface area contributed by atoms with Crippen molar-refractivity contribution in [3.8, 4) is 22.9 Å². The molecule has 2 aromatic heterocycles. The van der Waals surface area contributed by atoms with Crippen LogP contribution in [0.15, 0.2) is 67.0 Å². The van der Waals surface area contributed by atoms with E-state index in [1.807, 2.05) is 37.3 Å². The summed E-state index contributed by atoms with van der Waals surface area (Å²) in [5.41, 5.74) is 4.43. The van der Waals surface area contributed by atoms with Crippen LogP contribution >= 0.6 is 11.6 Å². The van der Waals surface area contributed by atoms with E-state index >= 15 is 0 Å². The fraction of sp³-hybridized carbons (Fsp3) is 0.185. The van der Waals surface area contributed by atoms with Gasteiger partial charge < -0.3 is 15.4 Å². The largest absolute Gasteiger partial charge is 0.438 e. The highest BCUT2D eigenvalue weighted by atomic mass is 35.5. The molecule has 4 aromatic rings. The minimum Gasteiger partial charge on any atom is -0.438 e. The zero-order valence-electron chi connectivity index (χ0n) is 20.0. The van der Waals surface area contributed by atoms with Crippen LogP contribution < -0.4 is 15.4 Å². The number of nitrogens with zero attached hydrogens (tertiary/aromatic N) is 3. The second-order valence-electron chi connectivity index (χ2n) is 8.34. The third-order valence-corrected chi connectivity index (χ3v) is 5.65. The Bertz CT molecular complexity index is 1370. The maximum absolute atomic E-state index is 13.0. The van der Waals surface area contributed by atoms with Crippen molar-refractivity contribution in [1.82, 2.24) is 15.0 Å². The molecule has 0 aliphatic carbocycles. The van der Waals surface area contributed by atoms with Gasteiger partial charge in [0.15, 0.2) is 0 Å². The molecule has 0 bridgehead atoms. The summed E-state index contributed by atoms with van der Waals surface area (Å²) in [5, 5.41) is 6.34. The van der Waals surface area contributed by atoms with Gasteiger partial charge in [-0.05, 0) is 60.4 Å². The lowest BCUT2D eigenvalue weighted by atomic mass is 10.0. The van der Waals surface area contributed by atoms with Crippen LogP contribution in [0.1, 0.15) is 41.3 Å². The van der Waals surface area contributed by atoms with E-state index in [1.54, 1.807) is 37.5 Å². The molecule has 8 heteroatoms. The van der Waals surface area contributed by atoms with Crippen molar-refractivity contribution < 1.29 is 9.53 Å². The van der Waals surface area contributed by atoms with Crippen LogP contribution in [0, 0.1) is 6.92 Å². The van der Waals surface area contributed by atoms with Gasteiger partial charge in [-0.15, -0.1) is 0 Å². The predicted octanol–water partition coefficient (Wildman–Crippen LogP) is 6.71. The van der Waals surface area contributed by atoms with Crippen molar-refractivity contribution in [2.24, 2.45) is 0 Å². The van der Waals surface area contributed by atoms with Gasteiger partial charge in [-0.2, -0.15) is 0 Å². The Morgan fingerprint density at radius 3 is 2.66 bits per heavy atom. The van der Waals surface area contributed by atoms with E-state index in [2.05, 4.69) is 39.4 Å². The molecule has 0 saturated heterocycles. The van der Waals surface area contributed by atoms with Crippen LogP contribution in [0.3, 0.4) is 0 Å². The number of amides is 1. The zero-order valence-corrected chi connectivity index (χ0v) is 20.7. The van der Waals surface area contributed by atoms with Gasteiger partial charge in [0, 0.05) is 30.7 Å². The van der Waals surface area contributed by atoms with Gasteiger partial charge in [0.25, 0.3) is 5.91 Å². The Hall–Kier alpha value is -3.97. The summed E-state index contributed by atoms with van der Waals surface area (Å²) in [4.78, 5) is 26.0. The molecule has 1 amide bonds. The van der Waals surface area contributed by atoms with Gasteiger partial charge in [-0.25, -0.2) is 15.0 Å². The smallest absolute Gasteiger partial charge is 0.255 e. The third-order valence-electron chi connectivity index (χ3n) is 5.44. The maximum Gasteiger partial charge on any atom is 0.255 e. The van der Waals surface area contributed by atoms with Gasteiger partial charge in [-0.1, -0.05) is 43.6 Å². The SMILES string of the molecule is CNc1nccc(-c2cc(Cl)cnc2Oc2cc(C(=O)Nc3cccc(C(C)C)c3)ccc2C)n1. The normalized spacial score (nSPS) is 10.8. The topological polar surface area (TPSA) is 89.0 Å². The highest BCUT2D eigenvalue weighted by molar-refractivity contribution is 6.30. The van der Waals surface area contributed by atoms with Gasteiger partial charge in [0.2, 0.25) is 11.8 Å². The second kappa shape index (κ2) is 10.5. The summed E-state index contributed by atoms with van der Waals surface area (Å²) in [7, 11) is 1.74. The quantitative estimate of drug-likeness (QED) is 0.301. The molecule has 0 fully saturated rings. The highest BCUT2D eigenvalue weighted by Crippen LogP contribution is 2.34. The molecule has 0 aliphatic rings. The first kappa shape index (κ1) is 24.2. The Balaban J connectivity index is 1.63. The standard InChI is InChI=1S/C27H26ClN5O2/c1-16(2)18-6-5-7-21(12-18)32-25(34)19-9-8-17(3)24(13-19)35-26-22(14-20(28)15-31-26)23-10-11-30-27(29-4)33-23/h5-16H,1-4H3,(H,32,34)(H,29,30,33). The van der Waals surface area contributed by atoms with E-state index in [1.165, 1.54) is 6.20 Å². The molecular weight excluding hydrogens is 462 g/mol. The lowest BCUT2D eigenvalue weighted by Crippen LogP contribution is -2.12. The van der Waals surface area contributed by atoms with Crippen LogP contribution in [0.4, 0.5) is 11.6 Å². The Kier molecular flexibility index (Phi) is 7.27. The number of benzene rings is 2. The van der Waals surface area contributed by atoms with Gasteiger partial charge in [-0.3, -0.25) is 4.79 Å². The number of carbonyl (C=O) groups excluding carboxylic acids is 1. The summed E-state index contributed by atoms with van der Waals surface area (Å²) in [6.07, 6.45) is 3.15. The van der Waals surface area contributed by atoms with Crippen LogP contribution in [-0.4, -0.2) is 27.9 Å². The van der Waals surface area contributed by atoms with E-state index in [-0.39, 0.29) is 5.91 Å². The van der Waals surface area contributed by atoms with Crippen LogP contribution in [-0.2, 0) is 0 Å². The number of carbonyl (C=O) groups is 1. The molecule has 4 rings (SSSR count). The summed E-state index contributed by atoms with van der Waals surface area (Å²) in [6, 6.07) is 16.6. The van der Waals surface area contributed by atoms with Crippen LogP contribution in [0.25, 0.3) is 11.3 Å². The van der Waals surface area contributed by atoms with E-state index in [4.69, 9.17) is 16.3 Å². The molecule has 0 unspecified atom stereocenters. The average molecular weight is 488 g/mol. The number of nitrogens with one attached hydrogen (secondary N) is 2. The molecule has 0 spiro atoms. The number of rotatable bonds is 7. The van der Waals surface area contributed by atoms with Gasteiger partial charge >= 0.3 is 0 Å². The Morgan fingerprint density at radius 1 is 1.06 bits per heavy atom. The number of halogens is 1. The molecular formula is C27H26ClN5O2. The van der Waals surface area contributed by atoms with Crippen LogP contribution in [0.2, 0.25) is 5.02 Å².